The molecular weight excluding hydrogens is 565 g/mol. The number of benzene rings is 3. The summed E-state index contributed by atoms with van der Waals surface area (Å²) in [6.07, 6.45) is 0. The Morgan fingerprint density at radius 1 is 1.06 bits per heavy atom. The summed E-state index contributed by atoms with van der Waals surface area (Å²) in [5.74, 6) is -0.617. The average Bonchev–Trinajstić information content (AvgIpc) is 3.14. The maximum Gasteiger partial charge on any atom is 0.336 e. The molecule has 0 aromatic heterocycles. The van der Waals surface area contributed by atoms with Gasteiger partial charge in [-0.25, -0.2) is 4.79 Å². The summed E-state index contributed by atoms with van der Waals surface area (Å²) in [6.45, 7) is 2.06. The van der Waals surface area contributed by atoms with Crippen LogP contribution in [0.2, 0.25) is 10.0 Å². The molecule has 36 heavy (non-hydrogen) atoms. The molecular formula is C28H20BrCl2NO4. The Bertz CT molecular complexity index is 1490. The summed E-state index contributed by atoms with van der Waals surface area (Å²) >= 11 is 15.8. The maximum absolute atomic E-state index is 13.5. The van der Waals surface area contributed by atoms with Gasteiger partial charge in [0.05, 0.1) is 22.9 Å². The van der Waals surface area contributed by atoms with E-state index in [2.05, 4.69) is 21.2 Å². The van der Waals surface area contributed by atoms with Crippen molar-refractivity contribution in [3.63, 3.8) is 0 Å². The zero-order valence-electron chi connectivity index (χ0n) is 19.3. The highest BCUT2D eigenvalue weighted by Gasteiger charge is 2.42. The summed E-state index contributed by atoms with van der Waals surface area (Å²) in [6, 6.07) is 18.2. The summed E-state index contributed by atoms with van der Waals surface area (Å²) in [5, 5.41) is 4.36. The van der Waals surface area contributed by atoms with Crippen LogP contribution in [0.15, 0.2) is 82.0 Å². The molecule has 0 spiro atoms. The number of fused-ring (bicyclic) bond motifs is 2. The molecule has 1 aliphatic heterocycles. The number of hydrogen-bond acceptors (Lipinski definition) is 5. The molecule has 5 rings (SSSR count). The number of ether oxygens (including phenoxy) is 2. The number of methoxy groups -OCH3 is 1. The predicted octanol–water partition coefficient (Wildman–Crippen LogP) is 7.08. The summed E-state index contributed by atoms with van der Waals surface area (Å²) in [5.41, 5.74) is 5.27. The highest BCUT2D eigenvalue weighted by Crippen LogP contribution is 2.47. The lowest BCUT2D eigenvalue weighted by Gasteiger charge is -2.29. The number of nitrogens with one attached hydrogen (secondary N) is 1. The van der Waals surface area contributed by atoms with Crippen molar-refractivity contribution in [2.75, 3.05) is 7.11 Å². The number of rotatable bonds is 5. The van der Waals surface area contributed by atoms with E-state index in [1.807, 2.05) is 49.4 Å². The minimum absolute atomic E-state index is 0.110. The lowest BCUT2D eigenvalue weighted by molar-refractivity contribution is -0.136. The molecule has 1 atom stereocenters. The normalized spacial score (nSPS) is 16.5. The van der Waals surface area contributed by atoms with Crippen molar-refractivity contribution in [3.8, 4) is 5.75 Å². The third kappa shape index (κ3) is 4.23. The minimum Gasteiger partial charge on any atom is -0.488 e. The number of esters is 1. The number of ketones is 1. The largest absolute Gasteiger partial charge is 0.488 e. The monoisotopic (exact) mass is 583 g/mol. The molecule has 8 heteroatoms. The van der Waals surface area contributed by atoms with Crippen LogP contribution in [0.4, 0.5) is 0 Å². The van der Waals surface area contributed by atoms with Gasteiger partial charge in [-0.1, -0.05) is 59.6 Å². The van der Waals surface area contributed by atoms with Crippen LogP contribution in [-0.4, -0.2) is 18.9 Å². The van der Waals surface area contributed by atoms with Crippen LogP contribution in [0, 0.1) is 0 Å². The van der Waals surface area contributed by atoms with Gasteiger partial charge in [0.1, 0.15) is 12.4 Å². The lowest BCUT2D eigenvalue weighted by Crippen LogP contribution is -2.29. The van der Waals surface area contributed by atoms with Crippen molar-refractivity contribution in [1.82, 2.24) is 5.32 Å². The lowest BCUT2D eigenvalue weighted by atomic mass is 9.80. The first-order chi connectivity index (χ1) is 17.3. The predicted molar refractivity (Wildman–Crippen MR) is 143 cm³/mol. The van der Waals surface area contributed by atoms with E-state index in [0.29, 0.717) is 42.7 Å². The number of halogens is 3. The Hall–Kier alpha value is -3.06. The van der Waals surface area contributed by atoms with Crippen LogP contribution in [-0.2, 0) is 16.1 Å². The standard InChI is InChI=1S/C28H20BrCl2NO4/c1-14-23(28(34)35-2)24(25-26(32-14)18-5-3-4-6-19(18)27(25)33)15-8-10-22(20(29)11-15)36-13-16-7-9-17(30)12-21(16)31/h3-12,24,32H,13H2,1-2H3/t24-/m0/s1. The quantitative estimate of drug-likeness (QED) is 0.325. The number of carbonyl (C=O) groups excluding carboxylic acids is 2. The topological polar surface area (TPSA) is 64.6 Å². The SMILES string of the molecule is COC(=O)C1=C(C)NC2=C(C(=O)c3ccccc32)[C@H]1c1ccc(OCc2ccc(Cl)cc2Cl)c(Br)c1. The minimum atomic E-state index is -0.607. The Kier molecular flexibility index (Phi) is 6.68. The van der Waals surface area contributed by atoms with Crippen molar-refractivity contribution in [1.29, 1.82) is 0 Å². The fourth-order valence-electron chi connectivity index (χ4n) is 4.65. The van der Waals surface area contributed by atoms with E-state index in [4.69, 9.17) is 32.7 Å². The fraction of sp³-hybridized carbons (Fsp3) is 0.143. The molecule has 3 aromatic rings. The number of Topliss-reactive ketones (excluding diaryl/α,β-unsaturated/α-hetero) is 1. The van der Waals surface area contributed by atoms with E-state index >= 15 is 0 Å². The van der Waals surface area contributed by atoms with E-state index in [0.717, 1.165) is 22.4 Å². The van der Waals surface area contributed by atoms with Gasteiger partial charge in [0.2, 0.25) is 0 Å². The number of hydrogen-bond donors (Lipinski definition) is 1. The van der Waals surface area contributed by atoms with Crippen molar-refractivity contribution < 1.29 is 19.1 Å². The number of allylic oxidation sites excluding steroid dienone is 2. The van der Waals surface area contributed by atoms with Crippen molar-refractivity contribution in [2.45, 2.75) is 19.4 Å². The first-order valence-electron chi connectivity index (χ1n) is 11.1. The number of carbonyl (C=O) groups is 2. The molecule has 1 heterocycles. The van der Waals surface area contributed by atoms with Crippen LogP contribution in [0.5, 0.6) is 5.75 Å². The second kappa shape index (κ2) is 9.77. The molecule has 0 saturated heterocycles. The summed E-state index contributed by atoms with van der Waals surface area (Å²) < 4.78 is 11.8. The molecule has 5 nitrogen and oxygen atoms in total. The Labute approximate surface area is 226 Å². The van der Waals surface area contributed by atoms with E-state index in [9.17, 15) is 9.59 Å². The van der Waals surface area contributed by atoms with Gasteiger partial charge in [-0.15, -0.1) is 0 Å². The zero-order valence-corrected chi connectivity index (χ0v) is 22.4. The molecule has 0 amide bonds. The molecule has 0 bridgehead atoms. The van der Waals surface area contributed by atoms with E-state index in [-0.39, 0.29) is 12.4 Å². The van der Waals surface area contributed by atoms with Crippen LogP contribution in [0.25, 0.3) is 5.70 Å². The molecule has 182 valence electrons. The molecule has 0 unspecified atom stereocenters. The Morgan fingerprint density at radius 3 is 2.50 bits per heavy atom. The van der Waals surface area contributed by atoms with Gasteiger partial charge in [0, 0.05) is 43.9 Å². The molecule has 1 N–H and O–H groups in total. The fourth-order valence-corrected chi connectivity index (χ4v) is 5.62. The van der Waals surface area contributed by atoms with Gasteiger partial charge in [-0.3, -0.25) is 4.79 Å². The van der Waals surface area contributed by atoms with E-state index in [1.165, 1.54) is 7.11 Å². The van der Waals surface area contributed by atoms with Gasteiger partial charge in [-0.2, -0.15) is 0 Å². The Balaban J connectivity index is 1.53. The van der Waals surface area contributed by atoms with E-state index < -0.39 is 11.9 Å². The highest BCUT2D eigenvalue weighted by atomic mass is 79.9. The zero-order chi connectivity index (χ0) is 25.6. The third-order valence-corrected chi connectivity index (χ3v) is 7.55. The average molecular weight is 585 g/mol. The molecule has 2 aliphatic rings. The number of dihydropyridines is 1. The smallest absolute Gasteiger partial charge is 0.336 e. The van der Waals surface area contributed by atoms with Gasteiger partial charge < -0.3 is 14.8 Å². The van der Waals surface area contributed by atoms with Crippen LogP contribution in [0.1, 0.15) is 39.9 Å². The summed E-state index contributed by atoms with van der Waals surface area (Å²) in [7, 11) is 1.34. The summed E-state index contributed by atoms with van der Waals surface area (Å²) in [4.78, 5) is 26.4. The Morgan fingerprint density at radius 2 is 1.81 bits per heavy atom. The van der Waals surface area contributed by atoms with Crippen LogP contribution in [0.3, 0.4) is 0 Å². The molecule has 0 fully saturated rings. The van der Waals surface area contributed by atoms with E-state index in [1.54, 1.807) is 18.2 Å². The van der Waals surface area contributed by atoms with Gasteiger partial charge in [-0.05, 0) is 52.7 Å². The first-order valence-corrected chi connectivity index (χ1v) is 12.7. The van der Waals surface area contributed by atoms with Gasteiger partial charge in [0.15, 0.2) is 5.78 Å². The van der Waals surface area contributed by atoms with Gasteiger partial charge in [0.25, 0.3) is 0 Å². The second-order valence-corrected chi connectivity index (χ2v) is 10.2. The van der Waals surface area contributed by atoms with Crippen molar-refractivity contribution in [3.05, 3.63) is 114 Å². The van der Waals surface area contributed by atoms with Crippen molar-refractivity contribution in [2.24, 2.45) is 0 Å². The third-order valence-electron chi connectivity index (χ3n) is 6.34. The molecule has 0 saturated carbocycles. The van der Waals surface area contributed by atoms with Crippen molar-refractivity contribution >= 4 is 56.6 Å². The maximum atomic E-state index is 13.5. The van der Waals surface area contributed by atoms with Gasteiger partial charge >= 0.3 is 5.97 Å². The molecule has 1 aliphatic carbocycles. The molecule has 3 aromatic carbocycles. The first kappa shape index (κ1) is 24.6. The second-order valence-electron chi connectivity index (χ2n) is 8.47. The van der Waals surface area contributed by atoms with Crippen LogP contribution >= 0.6 is 39.1 Å². The van der Waals surface area contributed by atoms with Crippen LogP contribution < -0.4 is 10.1 Å². The highest BCUT2D eigenvalue weighted by molar-refractivity contribution is 9.10. The molecule has 0 radical (unpaired) electrons.